The van der Waals surface area contributed by atoms with Gasteiger partial charge in [-0.1, -0.05) is 13.3 Å². The normalized spacial score (nSPS) is 10.3. The van der Waals surface area contributed by atoms with E-state index in [9.17, 15) is 0 Å². The Labute approximate surface area is 99.6 Å². The minimum atomic E-state index is 0.807. The Morgan fingerprint density at radius 1 is 1.31 bits per heavy atom. The number of nitrogens with one attached hydrogen (secondary N) is 1. The van der Waals surface area contributed by atoms with Crippen LogP contribution in [0, 0.1) is 0 Å². The number of hydrogen-bond donors (Lipinski definition) is 1. The highest BCUT2D eigenvalue weighted by Crippen LogP contribution is 2.19. The molecule has 0 aliphatic heterocycles. The van der Waals surface area contributed by atoms with Crippen molar-refractivity contribution in [3.63, 3.8) is 0 Å². The maximum absolute atomic E-state index is 4.34. The summed E-state index contributed by atoms with van der Waals surface area (Å²) in [5.74, 6) is 0. The van der Waals surface area contributed by atoms with Crippen LogP contribution in [0.25, 0.3) is 0 Å². The Kier molecular flexibility index (Phi) is 3.88. The molecule has 2 heterocycles. The van der Waals surface area contributed by atoms with Gasteiger partial charge in [-0.15, -0.1) is 11.3 Å². The molecular formula is C12H15N3S. The molecule has 3 nitrogen and oxygen atoms in total. The topological polar surface area (TPSA) is 37.8 Å². The minimum Gasteiger partial charge on any atom is -0.357 e. The molecule has 0 amide bonds. The van der Waals surface area contributed by atoms with E-state index in [0.717, 1.165) is 18.1 Å². The van der Waals surface area contributed by atoms with Crippen LogP contribution in [0.4, 0.5) is 5.13 Å². The Morgan fingerprint density at radius 2 is 2.12 bits per heavy atom. The molecule has 1 N–H and O–H groups in total. The van der Waals surface area contributed by atoms with E-state index in [-0.39, 0.29) is 0 Å². The Bertz CT molecular complexity index is 425. The molecule has 0 saturated carbocycles. The van der Waals surface area contributed by atoms with Gasteiger partial charge in [0.25, 0.3) is 0 Å². The third-order valence-corrected chi connectivity index (χ3v) is 3.26. The van der Waals surface area contributed by atoms with Crippen LogP contribution in [-0.4, -0.2) is 9.97 Å². The van der Waals surface area contributed by atoms with E-state index in [4.69, 9.17) is 0 Å². The predicted octanol–water partition coefficient (Wildman–Crippen LogP) is 3.10. The van der Waals surface area contributed by atoms with Gasteiger partial charge in [-0.05, 0) is 24.1 Å². The van der Waals surface area contributed by atoms with Gasteiger partial charge in [0.1, 0.15) is 0 Å². The molecule has 0 saturated heterocycles. The largest absolute Gasteiger partial charge is 0.357 e. The Hall–Kier alpha value is -1.42. The fourth-order valence-corrected chi connectivity index (χ4v) is 2.34. The molecule has 0 spiro atoms. The first-order valence-electron chi connectivity index (χ1n) is 5.46. The number of thiazole rings is 1. The van der Waals surface area contributed by atoms with Crippen molar-refractivity contribution in [2.45, 2.75) is 26.3 Å². The molecule has 0 unspecified atom stereocenters. The van der Waals surface area contributed by atoms with Crippen LogP contribution in [0.2, 0.25) is 0 Å². The molecule has 0 aliphatic rings. The fourth-order valence-electron chi connectivity index (χ4n) is 1.43. The van der Waals surface area contributed by atoms with Crippen molar-refractivity contribution in [3.05, 3.63) is 41.2 Å². The second kappa shape index (κ2) is 5.61. The number of pyridine rings is 1. The second-order valence-electron chi connectivity index (χ2n) is 3.59. The van der Waals surface area contributed by atoms with Gasteiger partial charge in [-0.25, -0.2) is 4.98 Å². The lowest BCUT2D eigenvalue weighted by Crippen LogP contribution is -1.98. The van der Waals surface area contributed by atoms with Crippen molar-refractivity contribution in [2.75, 3.05) is 5.32 Å². The fraction of sp³-hybridized carbons (Fsp3) is 0.333. The van der Waals surface area contributed by atoms with Gasteiger partial charge in [0.2, 0.25) is 0 Å². The van der Waals surface area contributed by atoms with Crippen LogP contribution in [0.15, 0.2) is 30.7 Å². The third-order valence-electron chi connectivity index (χ3n) is 2.24. The average molecular weight is 233 g/mol. The van der Waals surface area contributed by atoms with E-state index in [1.807, 2.05) is 18.3 Å². The summed E-state index contributed by atoms with van der Waals surface area (Å²) < 4.78 is 0. The number of aryl methyl sites for hydroxylation is 1. The molecule has 2 aromatic rings. The van der Waals surface area contributed by atoms with Gasteiger partial charge in [0, 0.05) is 30.0 Å². The second-order valence-corrected chi connectivity index (χ2v) is 4.71. The first kappa shape index (κ1) is 11.1. The lowest BCUT2D eigenvalue weighted by molar-refractivity contribution is 0.936. The van der Waals surface area contributed by atoms with Crippen molar-refractivity contribution >= 4 is 16.5 Å². The van der Waals surface area contributed by atoms with Gasteiger partial charge in [0.05, 0.1) is 0 Å². The Balaban J connectivity index is 1.89. The highest BCUT2D eigenvalue weighted by molar-refractivity contribution is 7.15. The molecule has 0 radical (unpaired) electrons. The molecule has 0 aromatic carbocycles. The summed E-state index contributed by atoms with van der Waals surface area (Å²) in [4.78, 5) is 9.68. The molecule has 16 heavy (non-hydrogen) atoms. The zero-order chi connectivity index (χ0) is 11.2. The lowest BCUT2D eigenvalue weighted by Gasteiger charge is -2.01. The van der Waals surface area contributed by atoms with Crippen LogP contribution in [0.1, 0.15) is 23.8 Å². The summed E-state index contributed by atoms with van der Waals surface area (Å²) in [5, 5.41) is 4.32. The van der Waals surface area contributed by atoms with Crippen LogP contribution >= 0.6 is 11.3 Å². The highest BCUT2D eigenvalue weighted by Gasteiger charge is 2.00. The van der Waals surface area contributed by atoms with E-state index in [1.54, 1.807) is 23.7 Å². The van der Waals surface area contributed by atoms with E-state index >= 15 is 0 Å². The Morgan fingerprint density at radius 3 is 2.88 bits per heavy atom. The van der Waals surface area contributed by atoms with Crippen LogP contribution < -0.4 is 5.32 Å². The molecule has 0 bridgehead atoms. The molecule has 2 rings (SSSR count). The van der Waals surface area contributed by atoms with Gasteiger partial charge in [0.15, 0.2) is 5.13 Å². The third kappa shape index (κ3) is 3.03. The quantitative estimate of drug-likeness (QED) is 0.862. The first-order chi connectivity index (χ1) is 7.88. The summed E-state index contributed by atoms with van der Waals surface area (Å²) in [5.41, 5.74) is 1.22. The van der Waals surface area contributed by atoms with Crippen LogP contribution in [0.3, 0.4) is 0 Å². The van der Waals surface area contributed by atoms with Gasteiger partial charge < -0.3 is 5.32 Å². The minimum absolute atomic E-state index is 0.807. The number of nitrogens with zero attached hydrogens (tertiary/aromatic N) is 2. The number of hydrogen-bond acceptors (Lipinski definition) is 4. The van der Waals surface area contributed by atoms with Crippen molar-refractivity contribution in [1.29, 1.82) is 0 Å². The molecular weight excluding hydrogens is 218 g/mol. The SMILES string of the molecule is CCCc1cnc(NCc2ccncc2)s1. The van der Waals surface area contributed by atoms with Crippen LogP contribution in [-0.2, 0) is 13.0 Å². The average Bonchev–Trinajstić information content (AvgIpc) is 2.76. The molecule has 0 fully saturated rings. The molecule has 0 atom stereocenters. The molecule has 0 aliphatic carbocycles. The molecule has 4 heteroatoms. The van der Waals surface area contributed by atoms with Crippen molar-refractivity contribution in [2.24, 2.45) is 0 Å². The summed E-state index contributed by atoms with van der Waals surface area (Å²) in [6.45, 7) is 2.99. The first-order valence-corrected chi connectivity index (χ1v) is 6.27. The van der Waals surface area contributed by atoms with E-state index in [2.05, 4.69) is 22.2 Å². The van der Waals surface area contributed by atoms with Gasteiger partial charge in [-0.3, -0.25) is 4.98 Å². The summed E-state index contributed by atoms with van der Waals surface area (Å²) in [7, 11) is 0. The summed E-state index contributed by atoms with van der Waals surface area (Å²) in [6, 6.07) is 4.02. The highest BCUT2D eigenvalue weighted by atomic mass is 32.1. The van der Waals surface area contributed by atoms with E-state index in [1.165, 1.54) is 16.9 Å². The zero-order valence-corrected chi connectivity index (χ0v) is 10.1. The number of aromatic nitrogens is 2. The monoisotopic (exact) mass is 233 g/mol. The van der Waals surface area contributed by atoms with E-state index < -0.39 is 0 Å². The van der Waals surface area contributed by atoms with Crippen LogP contribution in [0.5, 0.6) is 0 Å². The maximum atomic E-state index is 4.34. The summed E-state index contributed by atoms with van der Waals surface area (Å²) in [6.07, 6.45) is 7.87. The van der Waals surface area contributed by atoms with E-state index in [0.29, 0.717) is 0 Å². The van der Waals surface area contributed by atoms with Gasteiger partial charge >= 0.3 is 0 Å². The predicted molar refractivity (Wildman–Crippen MR) is 67.7 cm³/mol. The molecule has 84 valence electrons. The van der Waals surface area contributed by atoms with Gasteiger partial charge in [-0.2, -0.15) is 0 Å². The lowest BCUT2D eigenvalue weighted by atomic mass is 10.3. The summed E-state index contributed by atoms with van der Waals surface area (Å²) >= 11 is 1.74. The molecule has 2 aromatic heterocycles. The van der Waals surface area contributed by atoms with Crippen molar-refractivity contribution in [3.8, 4) is 0 Å². The zero-order valence-electron chi connectivity index (χ0n) is 9.31. The van der Waals surface area contributed by atoms with Crippen molar-refractivity contribution in [1.82, 2.24) is 9.97 Å². The van der Waals surface area contributed by atoms with Crippen molar-refractivity contribution < 1.29 is 0 Å². The standard InChI is InChI=1S/C12H15N3S/c1-2-3-11-9-15-12(16-11)14-8-10-4-6-13-7-5-10/h4-7,9H,2-3,8H2,1H3,(H,14,15). The smallest absolute Gasteiger partial charge is 0.183 e. The number of anilines is 1. The maximum Gasteiger partial charge on any atom is 0.183 e. The number of rotatable bonds is 5.